The van der Waals surface area contributed by atoms with Crippen molar-refractivity contribution in [3.05, 3.63) is 39.7 Å². The van der Waals surface area contributed by atoms with Crippen LogP contribution in [0.4, 0.5) is 0 Å². The van der Waals surface area contributed by atoms with Gasteiger partial charge in [0.2, 0.25) is 0 Å². The normalized spacial score (nSPS) is 10.6. The topological polar surface area (TPSA) is 67.5 Å². The molecule has 0 aliphatic rings. The first-order valence-electron chi connectivity index (χ1n) is 4.77. The number of phenols is 1. The van der Waals surface area contributed by atoms with Crippen LogP contribution in [0.5, 0.6) is 5.75 Å². The van der Waals surface area contributed by atoms with Crippen LogP contribution in [-0.4, -0.2) is 10.9 Å². The molecule has 2 aromatic rings. The van der Waals surface area contributed by atoms with E-state index in [4.69, 9.17) is 4.42 Å². The zero-order valence-electron chi connectivity index (χ0n) is 8.90. The number of phenolic OH excluding ortho intramolecular Hbond substituents is 1. The number of fused-ring (bicyclic) bond motifs is 1. The first kappa shape index (κ1) is 10.4. The highest BCUT2D eigenvalue weighted by molar-refractivity contribution is 6.00. The zero-order chi connectivity index (χ0) is 11.9. The Balaban J connectivity index is 2.90. The molecule has 1 N–H and O–H groups in total. The van der Waals surface area contributed by atoms with Crippen molar-refractivity contribution >= 4 is 16.8 Å². The predicted molar refractivity (Wildman–Crippen MR) is 58.9 cm³/mol. The molecule has 16 heavy (non-hydrogen) atoms. The van der Waals surface area contributed by atoms with Gasteiger partial charge >= 0.3 is 0 Å². The fourth-order valence-corrected chi connectivity index (χ4v) is 1.59. The van der Waals surface area contributed by atoms with Crippen LogP contribution in [-0.2, 0) is 0 Å². The maximum atomic E-state index is 11.6. The minimum Gasteiger partial charge on any atom is -0.507 e. The first-order valence-corrected chi connectivity index (χ1v) is 4.77. The fraction of sp³-hybridized carbons (Fsp3) is 0.167. The highest BCUT2D eigenvalue weighted by Gasteiger charge is 2.11. The summed E-state index contributed by atoms with van der Waals surface area (Å²) in [5.74, 6) is 0.000556. The molecule has 0 aliphatic carbocycles. The second kappa shape index (κ2) is 3.48. The van der Waals surface area contributed by atoms with Crippen molar-refractivity contribution in [3.8, 4) is 5.75 Å². The maximum absolute atomic E-state index is 11.6. The standard InChI is InChI=1S/C12H10O4/c1-6-3-10(14)9-4-8(7(2)13)11(15)5-12(9)16-6/h3-5,15H,1-2H3. The Hall–Kier alpha value is -2.10. The van der Waals surface area contributed by atoms with Crippen LogP contribution in [0.25, 0.3) is 11.0 Å². The second-order valence-electron chi connectivity index (χ2n) is 3.64. The van der Waals surface area contributed by atoms with E-state index >= 15 is 0 Å². The van der Waals surface area contributed by atoms with Gasteiger partial charge in [-0.2, -0.15) is 0 Å². The SMILES string of the molecule is CC(=O)c1cc2c(=O)cc(C)oc2cc1O. The molecule has 0 saturated carbocycles. The number of carbonyl (C=O) groups excluding carboxylic acids is 1. The fourth-order valence-electron chi connectivity index (χ4n) is 1.59. The molecule has 0 atom stereocenters. The third-order valence-corrected chi connectivity index (χ3v) is 2.35. The molecule has 0 saturated heterocycles. The second-order valence-corrected chi connectivity index (χ2v) is 3.64. The molecule has 0 amide bonds. The molecule has 4 nitrogen and oxygen atoms in total. The lowest BCUT2D eigenvalue weighted by atomic mass is 10.1. The predicted octanol–water partition coefficient (Wildman–Crippen LogP) is 2.01. The Labute approximate surface area is 91.1 Å². The number of aryl methyl sites for hydroxylation is 1. The van der Waals surface area contributed by atoms with Crippen LogP contribution >= 0.6 is 0 Å². The Bertz CT molecular complexity index is 637. The van der Waals surface area contributed by atoms with Gasteiger partial charge < -0.3 is 9.52 Å². The number of ketones is 1. The van der Waals surface area contributed by atoms with Gasteiger partial charge in [0.25, 0.3) is 0 Å². The largest absolute Gasteiger partial charge is 0.507 e. The number of hydrogen-bond donors (Lipinski definition) is 1. The minimum absolute atomic E-state index is 0.128. The first-order chi connectivity index (χ1) is 7.49. The van der Waals surface area contributed by atoms with E-state index in [-0.39, 0.29) is 28.1 Å². The molecule has 2 rings (SSSR count). The van der Waals surface area contributed by atoms with Crippen LogP contribution in [0, 0.1) is 6.92 Å². The van der Waals surface area contributed by atoms with Crippen molar-refractivity contribution in [1.82, 2.24) is 0 Å². The Morgan fingerprint density at radius 1 is 1.31 bits per heavy atom. The van der Waals surface area contributed by atoms with Crippen LogP contribution < -0.4 is 5.43 Å². The minimum atomic E-state index is -0.292. The molecule has 0 radical (unpaired) electrons. The summed E-state index contributed by atoms with van der Waals surface area (Å²) in [6.45, 7) is 2.98. The van der Waals surface area contributed by atoms with Gasteiger partial charge in [-0.25, -0.2) is 0 Å². The molecule has 1 heterocycles. The molecule has 0 fully saturated rings. The third kappa shape index (κ3) is 1.58. The summed E-state index contributed by atoms with van der Waals surface area (Å²) in [6, 6.07) is 4.00. The van der Waals surface area contributed by atoms with Gasteiger partial charge in [0.1, 0.15) is 17.1 Å². The van der Waals surface area contributed by atoms with E-state index in [1.165, 1.54) is 25.1 Å². The Morgan fingerprint density at radius 2 is 2.00 bits per heavy atom. The number of rotatable bonds is 1. The quantitative estimate of drug-likeness (QED) is 0.743. The molecule has 0 spiro atoms. The Morgan fingerprint density at radius 3 is 2.62 bits per heavy atom. The zero-order valence-corrected chi connectivity index (χ0v) is 8.90. The highest BCUT2D eigenvalue weighted by atomic mass is 16.3. The molecule has 4 heteroatoms. The van der Waals surface area contributed by atoms with Gasteiger partial charge in [-0.3, -0.25) is 9.59 Å². The van der Waals surface area contributed by atoms with E-state index in [1.807, 2.05) is 0 Å². The van der Waals surface area contributed by atoms with Gasteiger partial charge in [-0.1, -0.05) is 0 Å². The van der Waals surface area contributed by atoms with Gasteiger partial charge in [-0.15, -0.1) is 0 Å². The lowest BCUT2D eigenvalue weighted by Gasteiger charge is -2.03. The molecule has 0 bridgehead atoms. The van der Waals surface area contributed by atoms with Crippen LogP contribution in [0.2, 0.25) is 0 Å². The number of aromatic hydroxyl groups is 1. The summed E-state index contributed by atoms with van der Waals surface area (Å²) in [5.41, 5.74) is 0.192. The van der Waals surface area contributed by atoms with Gasteiger partial charge in [0, 0.05) is 12.1 Å². The monoisotopic (exact) mass is 218 g/mol. The molecular formula is C12H10O4. The van der Waals surface area contributed by atoms with Gasteiger partial charge in [-0.05, 0) is 19.9 Å². The van der Waals surface area contributed by atoms with Crippen molar-refractivity contribution in [1.29, 1.82) is 0 Å². The lowest BCUT2D eigenvalue weighted by molar-refractivity contribution is 0.101. The van der Waals surface area contributed by atoms with Gasteiger partial charge in [0.05, 0.1) is 10.9 Å². The molecular weight excluding hydrogens is 208 g/mol. The van der Waals surface area contributed by atoms with Crippen molar-refractivity contribution in [3.63, 3.8) is 0 Å². The molecule has 0 aliphatic heterocycles. The van der Waals surface area contributed by atoms with Crippen molar-refractivity contribution in [2.75, 3.05) is 0 Å². The van der Waals surface area contributed by atoms with Crippen LogP contribution in [0.15, 0.2) is 27.4 Å². The summed E-state index contributed by atoms with van der Waals surface area (Å²) in [6.07, 6.45) is 0. The summed E-state index contributed by atoms with van der Waals surface area (Å²) < 4.78 is 5.29. The van der Waals surface area contributed by atoms with E-state index < -0.39 is 0 Å². The lowest BCUT2D eigenvalue weighted by Crippen LogP contribution is -2.02. The average molecular weight is 218 g/mol. The summed E-state index contributed by atoms with van der Waals surface area (Å²) >= 11 is 0. The molecule has 1 aromatic heterocycles. The number of benzene rings is 1. The summed E-state index contributed by atoms with van der Waals surface area (Å²) in [5, 5.41) is 9.88. The highest BCUT2D eigenvalue weighted by Crippen LogP contribution is 2.24. The maximum Gasteiger partial charge on any atom is 0.192 e. The van der Waals surface area contributed by atoms with Crippen molar-refractivity contribution in [2.24, 2.45) is 0 Å². The van der Waals surface area contributed by atoms with Gasteiger partial charge in [0.15, 0.2) is 11.2 Å². The van der Waals surface area contributed by atoms with Crippen molar-refractivity contribution in [2.45, 2.75) is 13.8 Å². The van der Waals surface area contributed by atoms with E-state index in [0.717, 1.165) is 0 Å². The average Bonchev–Trinajstić information content (AvgIpc) is 2.15. The van der Waals surface area contributed by atoms with E-state index in [2.05, 4.69) is 0 Å². The summed E-state index contributed by atoms with van der Waals surface area (Å²) in [4.78, 5) is 22.8. The van der Waals surface area contributed by atoms with E-state index in [9.17, 15) is 14.7 Å². The van der Waals surface area contributed by atoms with Crippen molar-refractivity contribution < 1.29 is 14.3 Å². The van der Waals surface area contributed by atoms with Crippen LogP contribution in [0.1, 0.15) is 23.0 Å². The number of hydrogen-bond acceptors (Lipinski definition) is 4. The third-order valence-electron chi connectivity index (χ3n) is 2.35. The van der Waals surface area contributed by atoms with E-state index in [1.54, 1.807) is 6.92 Å². The Kier molecular flexibility index (Phi) is 2.27. The number of carbonyl (C=O) groups is 1. The molecule has 0 unspecified atom stereocenters. The van der Waals surface area contributed by atoms with Crippen LogP contribution in [0.3, 0.4) is 0 Å². The van der Waals surface area contributed by atoms with E-state index in [0.29, 0.717) is 11.1 Å². The molecule has 1 aromatic carbocycles. The summed E-state index contributed by atoms with van der Waals surface area (Å²) in [7, 11) is 0. The smallest absolute Gasteiger partial charge is 0.192 e. The molecule has 82 valence electrons. The number of Topliss-reactive ketones (excluding diaryl/α,β-unsaturated/α-hetero) is 1.